The molecule has 6 nitrogen and oxygen atoms in total. The zero-order chi connectivity index (χ0) is 16.3. The second kappa shape index (κ2) is 10.7. The molecule has 0 unspecified atom stereocenters. The number of ether oxygens (including phenoxy) is 5. The van der Waals surface area contributed by atoms with Crippen molar-refractivity contribution < 1.29 is 23.7 Å². The van der Waals surface area contributed by atoms with Crippen LogP contribution in [0.25, 0.3) is 0 Å². The van der Waals surface area contributed by atoms with E-state index < -0.39 is 0 Å². The number of fused-ring (bicyclic) bond motifs is 1. The van der Waals surface area contributed by atoms with Crippen LogP contribution in [-0.2, 0) is 14.2 Å². The highest BCUT2D eigenvalue weighted by Gasteiger charge is 2.08. The van der Waals surface area contributed by atoms with E-state index in [4.69, 9.17) is 35.9 Å². The summed E-state index contributed by atoms with van der Waals surface area (Å²) in [6.07, 6.45) is 0. The molecule has 1 aliphatic rings. The van der Waals surface area contributed by atoms with Gasteiger partial charge in [0.15, 0.2) is 11.5 Å². The van der Waals surface area contributed by atoms with Gasteiger partial charge >= 0.3 is 0 Å². The van der Waals surface area contributed by atoms with Crippen LogP contribution in [0.5, 0.6) is 11.5 Å². The van der Waals surface area contributed by atoms with Crippen LogP contribution in [0.3, 0.4) is 0 Å². The van der Waals surface area contributed by atoms with Gasteiger partial charge in [-0.3, -0.25) is 0 Å². The SMILES string of the molecule is S=C(S)Nc1ccc2c(c1)OCCOCCOCCOCCO2. The van der Waals surface area contributed by atoms with E-state index in [1.165, 1.54) is 0 Å². The van der Waals surface area contributed by atoms with Gasteiger partial charge in [0.25, 0.3) is 0 Å². The zero-order valence-electron chi connectivity index (χ0n) is 12.8. The molecule has 2 rings (SSSR count). The van der Waals surface area contributed by atoms with Gasteiger partial charge in [0.05, 0.1) is 39.6 Å². The van der Waals surface area contributed by atoms with Crippen LogP contribution >= 0.6 is 24.8 Å². The van der Waals surface area contributed by atoms with Gasteiger partial charge in [0.1, 0.15) is 17.5 Å². The Balaban J connectivity index is 2.01. The van der Waals surface area contributed by atoms with Crippen molar-refractivity contribution in [3.05, 3.63) is 18.2 Å². The van der Waals surface area contributed by atoms with Crippen LogP contribution in [0.4, 0.5) is 5.69 Å². The summed E-state index contributed by atoms with van der Waals surface area (Å²) in [5.41, 5.74) is 0.788. The number of thiocarbonyl (C=S) groups is 1. The van der Waals surface area contributed by atoms with Gasteiger partial charge in [-0.25, -0.2) is 0 Å². The third kappa shape index (κ3) is 7.36. The first-order valence-corrected chi connectivity index (χ1v) is 8.24. The monoisotopic (exact) mass is 359 g/mol. The average molecular weight is 359 g/mol. The van der Waals surface area contributed by atoms with E-state index >= 15 is 0 Å². The summed E-state index contributed by atoms with van der Waals surface area (Å²) < 4.78 is 28.1. The van der Waals surface area contributed by atoms with Gasteiger partial charge in [-0.1, -0.05) is 12.2 Å². The van der Waals surface area contributed by atoms with Crippen LogP contribution in [0, 0.1) is 0 Å². The first kappa shape index (κ1) is 18.3. The molecular formula is C15H21NO5S2. The quantitative estimate of drug-likeness (QED) is 0.588. The predicted octanol–water partition coefficient (Wildman–Crippen LogP) is 2.13. The Morgan fingerprint density at radius 1 is 0.826 bits per heavy atom. The Morgan fingerprint density at radius 3 is 1.91 bits per heavy atom. The van der Waals surface area contributed by atoms with Gasteiger partial charge < -0.3 is 29.0 Å². The molecule has 0 saturated carbocycles. The fourth-order valence-electron chi connectivity index (χ4n) is 1.90. The van der Waals surface area contributed by atoms with Crippen molar-refractivity contribution in [3.63, 3.8) is 0 Å². The first-order chi connectivity index (χ1) is 11.3. The summed E-state index contributed by atoms with van der Waals surface area (Å²) in [5, 5.41) is 2.96. The van der Waals surface area contributed by atoms with Crippen molar-refractivity contribution >= 4 is 34.9 Å². The van der Waals surface area contributed by atoms with Crippen LogP contribution < -0.4 is 14.8 Å². The van der Waals surface area contributed by atoms with Gasteiger partial charge in [-0.15, -0.1) is 12.6 Å². The lowest BCUT2D eigenvalue weighted by atomic mass is 10.3. The molecule has 1 heterocycles. The molecule has 1 N–H and O–H groups in total. The van der Waals surface area contributed by atoms with E-state index in [9.17, 15) is 0 Å². The molecule has 0 amide bonds. The highest BCUT2D eigenvalue weighted by molar-refractivity contribution is 8.11. The molecule has 0 fully saturated rings. The van der Waals surface area contributed by atoms with Gasteiger partial charge in [0, 0.05) is 11.8 Å². The number of anilines is 1. The number of hydrogen-bond donors (Lipinski definition) is 2. The van der Waals surface area contributed by atoms with E-state index in [2.05, 4.69) is 17.9 Å². The molecule has 0 aromatic heterocycles. The maximum Gasteiger partial charge on any atom is 0.163 e. The lowest BCUT2D eigenvalue weighted by Gasteiger charge is -2.14. The molecule has 0 spiro atoms. The third-order valence-electron chi connectivity index (χ3n) is 2.91. The minimum absolute atomic E-state index is 0.389. The highest BCUT2D eigenvalue weighted by atomic mass is 32.1. The molecule has 0 aliphatic carbocycles. The number of thiol groups is 1. The maximum absolute atomic E-state index is 5.75. The smallest absolute Gasteiger partial charge is 0.163 e. The molecule has 0 bridgehead atoms. The minimum atomic E-state index is 0.389. The summed E-state index contributed by atoms with van der Waals surface area (Å²) in [6, 6.07) is 5.50. The summed E-state index contributed by atoms with van der Waals surface area (Å²) >= 11 is 8.99. The van der Waals surface area contributed by atoms with Crippen molar-refractivity contribution in [2.24, 2.45) is 0 Å². The molecule has 1 aliphatic heterocycles. The van der Waals surface area contributed by atoms with Crippen LogP contribution in [-0.4, -0.2) is 57.2 Å². The Morgan fingerprint density at radius 2 is 1.35 bits per heavy atom. The predicted molar refractivity (Wildman–Crippen MR) is 95.1 cm³/mol. The molecule has 128 valence electrons. The topological polar surface area (TPSA) is 58.2 Å². The second-order valence-electron chi connectivity index (χ2n) is 4.63. The summed E-state index contributed by atoms with van der Waals surface area (Å²) in [6.45, 7) is 3.98. The maximum atomic E-state index is 5.75. The normalized spacial score (nSPS) is 17.6. The summed E-state index contributed by atoms with van der Waals surface area (Å²) in [5.74, 6) is 1.27. The molecule has 0 radical (unpaired) electrons. The first-order valence-electron chi connectivity index (χ1n) is 7.38. The fourth-order valence-corrected chi connectivity index (χ4v) is 2.15. The molecule has 0 saturated heterocycles. The Bertz CT molecular complexity index is 501. The zero-order valence-corrected chi connectivity index (χ0v) is 14.5. The average Bonchev–Trinajstić information content (AvgIpc) is 2.53. The molecule has 1 aromatic carbocycles. The lowest BCUT2D eigenvalue weighted by molar-refractivity contribution is 0.00708. The highest BCUT2D eigenvalue weighted by Crippen LogP contribution is 2.30. The van der Waals surface area contributed by atoms with Gasteiger partial charge in [0.2, 0.25) is 0 Å². The van der Waals surface area contributed by atoms with Crippen LogP contribution in [0.2, 0.25) is 0 Å². The summed E-state index contributed by atoms with van der Waals surface area (Å²) in [7, 11) is 0. The largest absolute Gasteiger partial charge is 0.487 e. The molecule has 0 atom stereocenters. The number of hydrogen-bond acceptors (Lipinski definition) is 6. The van der Waals surface area contributed by atoms with Crippen LogP contribution in [0.1, 0.15) is 0 Å². The molecule has 23 heavy (non-hydrogen) atoms. The van der Waals surface area contributed by atoms with Crippen molar-refractivity contribution in [2.45, 2.75) is 0 Å². The van der Waals surface area contributed by atoms with Crippen LogP contribution in [0.15, 0.2) is 18.2 Å². The van der Waals surface area contributed by atoms with E-state index in [-0.39, 0.29) is 0 Å². The van der Waals surface area contributed by atoms with E-state index in [0.717, 1.165) is 5.69 Å². The van der Waals surface area contributed by atoms with Gasteiger partial charge in [-0.2, -0.15) is 0 Å². The number of rotatable bonds is 1. The standard InChI is InChI=1S/C15H21NO5S2/c22-15(23)16-12-1-2-13-14(11-12)21-10-8-19-6-4-17-3-5-18-7-9-20-13/h1-2,11H,3-10H2,(H2,16,22,23). The fraction of sp³-hybridized carbons (Fsp3) is 0.533. The Hall–Kier alpha value is -1.06. The van der Waals surface area contributed by atoms with E-state index in [1.807, 2.05) is 18.2 Å². The Labute approximate surface area is 146 Å². The number of benzene rings is 1. The Kier molecular flexibility index (Phi) is 8.48. The minimum Gasteiger partial charge on any atom is -0.487 e. The van der Waals surface area contributed by atoms with Gasteiger partial charge in [-0.05, 0) is 12.1 Å². The number of nitrogens with one attached hydrogen (secondary N) is 1. The molecule has 8 heteroatoms. The van der Waals surface area contributed by atoms with E-state index in [1.54, 1.807) is 0 Å². The van der Waals surface area contributed by atoms with E-state index in [0.29, 0.717) is 68.7 Å². The molecular weight excluding hydrogens is 338 g/mol. The van der Waals surface area contributed by atoms with Crippen molar-refractivity contribution in [2.75, 3.05) is 58.2 Å². The van der Waals surface area contributed by atoms with Crippen molar-refractivity contribution in [1.29, 1.82) is 0 Å². The van der Waals surface area contributed by atoms with Crippen molar-refractivity contribution in [3.8, 4) is 11.5 Å². The van der Waals surface area contributed by atoms with Crippen molar-refractivity contribution in [1.82, 2.24) is 0 Å². The second-order valence-corrected chi connectivity index (χ2v) is 5.78. The molecule has 1 aromatic rings. The summed E-state index contributed by atoms with van der Waals surface area (Å²) in [4.78, 5) is 0. The lowest BCUT2D eigenvalue weighted by Crippen LogP contribution is -2.13. The third-order valence-corrected chi connectivity index (χ3v) is 3.12.